The highest BCUT2D eigenvalue weighted by atomic mass is 35.5. The van der Waals surface area contributed by atoms with Gasteiger partial charge in [0, 0.05) is 24.1 Å². The molecule has 1 aliphatic rings. The molecule has 1 heterocycles. The third-order valence-electron chi connectivity index (χ3n) is 4.01. The summed E-state index contributed by atoms with van der Waals surface area (Å²) in [6.45, 7) is 0.449. The summed E-state index contributed by atoms with van der Waals surface area (Å²) in [4.78, 5) is 39.6. The summed E-state index contributed by atoms with van der Waals surface area (Å²) in [6.07, 6.45) is -9.75. The predicted octanol–water partition coefficient (Wildman–Crippen LogP) is 3.84. The number of alkyl halides is 3. The highest BCUT2D eigenvalue weighted by Crippen LogP contribution is 2.42. The van der Waals surface area contributed by atoms with Crippen molar-refractivity contribution >= 4 is 41.4 Å². The first kappa shape index (κ1) is 27.3. The highest BCUT2D eigenvalue weighted by Gasteiger charge is 2.49. The summed E-state index contributed by atoms with van der Waals surface area (Å²) in [7, 11) is 1.44. The smallest absolute Gasteiger partial charge is 0.474 e. The second kappa shape index (κ2) is 11.4. The SMILES string of the molecule is CC(OC(=O)OCCN(C)CO[N+](=O)[O-])OC(=O)C1=Cc2cc(Cl)cc(Cl)c2O[C@@H]1C(F)(F)F. The van der Waals surface area contributed by atoms with Gasteiger partial charge in [-0.15, -0.1) is 10.1 Å². The summed E-state index contributed by atoms with van der Waals surface area (Å²) >= 11 is 11.7. The van der Waals surface area contributed by atoms with E-state index in [4.69, 9.17) is 37.4 Å². The summed E-state index contributed by atoms with van der Waals surface area (Å²) in [5.41, 5.74) is -0.905. The first-order valence-corrected chi connectivity index (χ1v) is 9.97. The fraction of sp³-hybridized carbons (Fsp3) is 0.444. The van der Waals surface area contributed by atoms with Crippen LogP contribution in [0.3, 0.4) is 0 Å². The molecule has 16 heteroatoms. The molecule has 188 valence electrons. The molecule has 1 aromatic carbocycles. The van der Waals surface area contributed by atoms with Crippen LogP contribution in [0.5, 0.6) is 5.75 Å². The average Bonchev–Trinajstić information content (AvgIpc) is 2.70. The van der Waals surface area contributed by atoms with E-state index < -0.39 is 41.4 Å². The number of nitrogens with zero attached hydrogens (tertiary/aromatic N) is 2. The van der Waals surface area contributed by atoms with Crippen molar-refractivity contribution in [3.8, 4) is 5.75 Å². The van der Waals surface area contributed by atoms with Crippen molar-refractivity contribution in [1.82, 2.24) is 4.90 Å². The van der Waals surface area contributed by atoms with Gasteiger partial charge in [0.05, 0.1) is 10.6 Å². The summed E-state index contributed by atoms with van der Waals surface area (Å²) < 4.78 is 59.6. The van der Waals surface area contributed by atoms with Crippen LogP contribution in [-0.4, -0.2) is 67.6 Å². The average molecular weight is 533 g/mol. The van der Waals surface area contributed by atoms with Crippen molar-refractivity contribution in [2.24, 2.45) is 0 Å². The zero-order valence-corrected chi connectivity index (χ0v) is 19.0. The van der Waals surface area contributed by atoms with Crippen LogP contribution < -0.4 is 4.74 Å². The van der Waals surface area contributed by atoms with Crippen LogP contribution >= 0.6 is 23.2 Å². The van der Waals surface area contributed by atoms with E-state index in [1.807, 2.05) is 0 Å². The Hall–Kier alpha value is -2.97. The largest absolute Gasteiger partial charge is 0.511 e. The van der Waals surface area contributed by atoms with Crippen molar-refractivity contribution in [3.05, 3.63) is 43.4 Å². The molecular weight excluding hydrogens is 516 g/mol. The summed E-state index contributed by atoms with van der Waals surface area (Å²) in [5.74, 6) is -1.78. The van der Waals surface area contributed by atoms with E-state index in [1.165, 1.54) is 24.1 Å². The Bertz CT molecular complexity index is 975. The van der Waals surface area contributed by atoms with E-state index in [0.29, 0.717) is 0 Å². The molecule has 2 atom stereocenters. The molecule has 2 rings (SSSR count). The molecule has 0 saturated heterocycles. The number of halogens is 5. The number of carbonyl (C=O) groups is 2. The minimum Gasteiger partial charge on any atom is -0.474 e. The number of ether oxygens (including phenoxy) is 4. The molecule has 0 spiro atoms. The quantitative estimate of drug-likeness (QED) is 0.200. The minimum atomic E-state index is -5.00. The van der Waals surface area contributed by atoms with Gasteiger partial charge >= 0.3 is 18.3 Å². The molecule has 11 nitrogen and oxygen atoms in total. The van der Waals surface area contributed by atoms with Gasteiger partial charge in [0.25, 0.3) is 5.09 Å². The zero-order valence-electron chi connectivity index (χ0n) is 17.5. The maximum absolute atomic E-state index is 13.5. The van der Waals surface area contributed by atoms with E-state index in [2.05, 4.69) is 9.57 Å². The Balaban J connectivity index is 1.98. The van der Waals surface area contributed by atoms with Crippen molar-refractivity contribution in [1.29, 1.82) is 0 Å². The Labute approximate surface area is 199 Å². The maximum atomic E-state index is 13.5. The highest BCUT2D eigenvalue weighted by molar-refractivity contribution is 6.36. The number of rotatable bonds is 9. The Morgan fingerprint density at radius 2 is 1.97 bits per heavy atom. The Morgan fingerprint density at radius 1 is 1.29 bits per heavy atom. The predicted molar refractivity (Wildman–Crippen MR) is 108 cm³/mol. The van der Waals surface area contributed by atoms with Gasteiger partial charge in [-0.2, -0.15) is 13.2 Å². The number of hydrogen-bond acceptors (Lipinski definition) is 10. The number of benzene rings is 1. The Morgan fingerprint density at radius 3 is 2.59 bits per heavy atom. The molecule has 0 radical (unpaired) electrons. The van der Waals surface area contributed by atoms with Gasteiger partial charge in [-0.25, -0.2) is 9.59 Å². The molecule has 0 fully saturated rings. The standard InChI is InChI=1S/C18H17Cl2F3N2O9/c1-9(33-17(27)30-4-3-24(2)8-31-25(28)29)32-16(26)12-6-10-5-11(19)7-13(20)14(10)34-15(12)18(21,22)23/h5-7,9,15H,3-4,8H2,1-2H3/t9?,15-/m0/s1. The van der Waals surface area contributed by atoms with Crippen LogP contribution in [0.2, 0.25) is 10.0 Å². The van der Waals surface area contributed by atoms with Crippen LogP contribution in [0, 0.1) is 10.1 Å². The van der Waals surface area contributed by atoms with Gasteiger partial charge in [0.15, 0.2) is 0 Å². The van der Waals surface area contributed by atoms with Crippen LogP contribution in [0.25, 0.3) is 6.08 Å². The topological polar surface area (TPSA) is 127 Å². The van der Waals surface area contributed by atoms with Gasteiger partial charge in [-0.05, 0) is 25.3 Å². The van der Waals surface area contributed by atoms with Gasteiger partial charge < -0.3 is 18.9 Å². The number of likely N-dealkylation sites (N-methyl/N-ethyl adjacent to an activating group) is 1. The lowest BCUT2D eigenvalue weighted by Gasteiger charge is -2.29. The number of hydrogen-bond donors (Lipinski definition) is 0. The minimum absolute atomic E-state index is 0.0168. The van der Waals surface area contributed by atoms with Gasteiger partial charge in [0.2, 0.25) is 12.4 Å². The molecule has 1 unspecified atom stereocenters. The van der Waals surface area contributed by atoms with Crippen molar-refractivity contribution in [2.45, 2.75) is 25.5 Å². The van der Waals surface area contributed by atoms with Crippen LogP contribution in [0.15, 0.2) is 17.7 Å². The van der Waals surface area contributed by atoms with Crippen LogP contribution in [0.4, 0.5) is 18.0 Å². The van der Waals surface area contributed by atoms with Crippen molar-refractivity contribution in [2.75, 3.05) is 26.9 Å². The monoisotopic (exact) mass is 532 g/mol. The van der Waals surface area contributed by atoms with E-state index in [-0.39, 0.29) is 41.2 Å². The molecule has 0 N–H and O–H groups in total. The molecule has 34 heavy (non-hydrogen) atoms. The van der Waals surface area contributed by atoms with Crippen LogP contribution in [-0.2, 0) is 23.8 Å². The fourth-order valence-electron chi connectivity index (χ4n) is 2.55. The lowest BCUT2D eigenvalue weighted by Crippen LogP contribution is -2.41. The molecule has 0 saturated carbocycles. The number of esters is 1. The van der Waals surface area contributed by atoms with E-state index >= 15 is 0 Å². The maximum Gasteiger partial charge on any atom is 0.511 e. The van der Waals surface area contributed by atoms with Gasteiger partial charge in [-0.1, -0.05) is 23.2 Å². The lowest BCUT2D eigenvalue weighted by molar-refractivity contribution is -0.762. The molecule has 0 aromatic heterocycles. The van der Waals surface area contributed by atoms with Gasteiger partial charge in [-0.3, -0.25) is 9.74 Å². The zero-order chi connectivity index (χ0) is 25.6. The number of carbonyl (C=O) groups excluding carboxylic acids is 2. The fourth-order valence-corrected chi connectivity index (χ4v) is 3.11. The molecular formula is C18H17Cl2F3N2O9. The molecule has 1 aliphatic heterocycles. The summed E-state index contributed by atoms with van der Waals surface area (Å²) in [5, 5.41) is 9.01. The van der Waals surface area contributed by atoms with E-state index in [9.17, 15) is 32.9 Å². The summed E-state index contributed by atoms with van der Waals surface area (Å²) in [6, 6.07) is 2.43. The third-order valence-corrected chi connectivity index (χ3v) is 4.51. The lowest BCUT2D eigenvalue weighted by atomic mass is 10.0. The first-order valence-electron chi connectivity index (χ1n) is 9.22. The number of fused-ring (bicyclic) bond motifs is 1. The Kier molecular flexibility index (Phi) is 9.18. The molecule has 0 bridgehead atoms. The van der Waals surface area contributed by atoms with E-state index in [0.717, 1.165) is 13.0 Å². The van der Waals surface area contributed by atoms with Gasteiger partial charge in [0.1, 0.15) is 19.1 Å². The molecule has 0 amide bonds. The second-order valence-electron chi connectivity index (χ2n) is 6.70. The normalized spacial score (nSPS) is 16.0. The van der Waals surface area contributed by atoms with Crippen molar-refractivity contribution in [3.63, 3.8) is 0 Å². The second-order valence-corrected chi connectivity index (χ2v) is 7.54. The van der Waals surface area contributed by atoms with Crippen LogP contribution in [0.1, 0.15) is 12.5 Å². The molecule has 0 aliphatic carbocycles. The molecule has 1 aromatic rings. The first-order chi connectivity index (χ1) is 15.8. The van der Waals surface area contributed by atoms with Crippen molar-refractivity contribution < 1.29 is 51.6 Å². The third kappa shape index (κ3) is 7.81. The van der Waals surface area contributed by atoms with E-state index in [1.54, 1.807) is 0 Å².